The summed E-state index contributed by atoms with van der Waals surface area (Å²) in [5.74, 6) is 0.482. The van der Waals surface area contributed by atoms with Crippen molar-refractivity contribution >= 4 is 32.6 Å². The summed E-state index contributed by atoms with van der Waals surface area (Å²) >= 11 is 0. The molecule has 1 fully saturated rings. The van der Waals surface area contributed by atoms with Crippen molar-refractivity contribution in [1.82, 2.24) is 4.31 Å². The summed E-state index contributed by atoms with van der Waals surface area (Å²) in [6, 6.07) is 8.68. The molecule has 0 bridgehead atoms. The number of sulfonamides is 1. The molecule has 2 heterocycles. The SMILES string of the molecule is COc1ccc(S(=O)(=O)N2CCCCC2)cc1NC(=O)Cc1coc2cc(C)c(C(C)C)cc12. The van der Waals surface area contributed by atoms with E-state index in [9.17, 15) is 13.2 Å². The van der Waals surface area contributed by atoms with Crippen molar-refractivity contribution in [3.63, 3.8) is 0 Å². The first-order chi connectivity index (χ1) is 16.2. The quantitative estimate of drug-likeness (QED) is 0.496. The Kier molecular flexibility index (Phi) is 7.00. The molecule has 1 aliphatic rings. The first-order valence-electron chi connectivity index (χ1n) is 11.7. The van der Waals surface area contributed by atoms with E-state index in [1.54, 1.807) is 12.3 Å². The molecule has 8 heteroatoms. The third-order valence-corrected chi connectivity index (χ3v) is 8.31. The highest BCUT2D eigenvalue weighted by atomic mass is 32.2. The average Bonchev–Trinajstić information content (AvgIpc) is 3.19. The minimum atomic E-state index is -3.63. The molecule has 7 nitrogen and oxygen atoms in total. The number of aryl methyl sites for hydroxylation is 1. The van der Waals surface area contributed by atoms with Crippen molar-refractivity contribution in [1.29, 1.82) is 0 Å². The number of hydrogen-bond donors (Lipinski definition) is 1. The van der Waals surface area contributed by atoms with Crippen LogP contribution < -0.4 is 10.1 Å². The van der Waals surface area contributed by atoms with Gasteiger partial charge in [0.1, 0.15) is 11.3 Å². The summed E-state index contributed by atoms with van der Waals surface area (Å²) in [4.78, 5) is 13.1. The van der Waals surface area contributed by atoms with E-state index in [1.807, 2.05) is 6.07 Å². The molecule has 1 N–H and O–H groups in total. The van der Waals surface area contributed by atoms with Crippen molar-refractivity contribution in [2.75, 3.05) is 25.5 Å². The van der Waals surface area contributed by atoms with Crippen molar-refractivity contribution < 1.29 is 22.4 Å². The average molecular weight is 485 g/mol. The van der Waals surface area contributed by atoms with Crippen LogP contribution in [0.15, 0.2) is 45.9 Å². The van der Waals surface area contributed by atoms with E-state index in [4.69, 9.17) is 9.15 Å². The molecule has 0 aliphatic carbocycles. The van der Waals surface area contributed by atoms with Crippen molar-refractivity contribution in [3.05, 3.63) is 53.3 Å². The van der Waals surface area contributed by atoms with Crippen LogP contribution in [0.1, 0.15) is 55.7 Å². The van der Waals surface area contributed by atoms with Gasteiger partial charge in [-0.15, -0.1) is 0 Å². The van der Waals surface area contributed by atoms with Crippen LogP contribution in [0.3, 0.4) is 0 Å². The van der Waals surface area contributed by atoms with E-state index in [0.29, 0.717) is 30.4 Å². The van der Waals surface area contributed by atoms with E-state index in [-0.39, 0.29) is 17.2 Å². The topological polar surface area (TPSA) is 88.9 Å². The number of amides is 1. The molecule has 3 aromatic rings. The lowest BCUT2D eigenvalue weighted by atomic mass is 9.95. The molecule has 0 atom stereocenters. The molecule has 1 saturated heterocycles. The van der Waals surface area contributed by atoms with Gasteiger partial charge in [0.25, 0.3) is 0 Å². The Morgan fingerprint density at radius 2 is 1.88 bits per heavy atom. The number of hydrogen-bond acceptors (Lipinski definition) is 5. The van der Waals surface area contributed by atoms with E-state index in [1.165, 1.54) is 29.1 Å². The molecule has 1 amide bonds. The van der Waals surface area contributed by atoms with Gasteiger partial charge in [-0.25, -0.2) is 8.42 Å². The fourth-order valence-electron chi connectivity index (χ4n) is 4.57. The predicted octanol–water partition coefficient (Wildman–Crippen LogP) is 5.23. The van der Waals surface area contributed by atoms with E-state index in [2.05, 4.69) is 32.2 Å². The Balaban J connectivity index is 1.58. The van der Waals surface area contributed by atoms with Crippen LogP contribution in [0, 0.1) is 6.92 Å². The number of piperidine rings is 1. The zero-order valence-corrected chi connectivity index (χ0v) is 21.0. The zero-order valence-electron chi connectivity index (χ0n) is 20.2. The Morgan fingerprint density at radius 1 is 1.15 bits per heavy atom. The van der Waals surface area contributed by atoms with Crippen molar-refractivity contribution in [2.45, 2.75) is 57.3 Å². The van der Waals surface area contributed by atoms with E-state index >= 15 is 0 Å². The second-order valence-corrected chi connectivity index (χ2v) is 11.1. The summed E-state index contributed by atoms with van der Waals surface area (Å²) in [7, 11) is -2.14. The Morgan fingerprint density at radius 3 is 2.56 bits per heavy atom. The molecule has 0 spiro atoms. The second-order valence-electron chi connectivity index (χ2n) is 9.17. The molecule has 1 aliphatic heterocycles. The fourth-order valence-corrected chi connectivity index (χ4v) is 6.11. The number of nitrogens with one attached hydrogen (secondary N) is 1. The van der Waals surface area contributed by atoms with Crippen LogP contribution >= 0.6 is 0 Å². The van der Waals surface area contributed by atoms with Gasteiger partial charge < -0.3 is 14.5 Å². The van der Waals surface area contributed by atoms with Gasteiger partial charge in [0, 0.05) is 24.0 Å². The maximum Gasteiger partial charge on any atom is 0.243 e. The van der Waals surface area contributed by atoms with Gasteiger partial charge >= 0.3 is 0 Å². The Hall–Kier alpha value is -2.84. The smallest absolute Gasteiger partial charge is 0.243 e. The molecular weight excluding hydrogens is 452 g/mol. The molecule has 0 unspecified atom stereocenters. The number of benzene rings is 2. The van der Waals surface area contributed by atoms with Crippen LogP contribution in [0.2, 0.25) is 0 Å². The number of fused-ring (bicyclic) bond motifs is 1. The number of nitrogens with zero attached hydrogens (tertiary/aromatic N) is 1. The molecule has 34 heavy (non-hydrogen) atoms. The molecular formula is C26H32N2O5S. The van der Waals surface area contributed by atoms with E-state index in [0.717, 1.165) is 41.4 Å². The molecule has 4 rings (SSSR count). The Bertz CT molecular complexity index is 1300. The van der Waals surface area contributed by atoms with Crippen LogP contribution in [-0.4, -0.2) is 38.8 Å². The highest BCUT2D eigenvalue weighted by molar-refractivity contribution is 7.89. The summed E-state index contributed by atoms with van der Waals surface area (Å²) < 4.78 is 38.8. The molecule has 1 aromatic heterocycles. The maximum atomic E-state index is 13.1. The summed E-state index contributed by atoms with van der Waals surface area (Å²) in [5.41, 5.74) is 4.23. The van der Waals surface area contributed by atoms with Gasteiger partial charge in [0.2, 0.25) is 15.9 Å². The number of carbonyl (C=O) groups excluding carboxylic acids is 1. The van der Waals surface area contributed by atoms with Gasteiger partial charge in [-0.2, -0.15) is 4.31 Å². The first-order valence-corrected chi connectivity index (χ1v) is 13.1. The second kappa shape index (κ2) is 9.80. The van der Waals surface area contributed by atoms with Gasteiger partial charge in [-0.1, -0.05) is 20.3 Å². The normalized spacial score (nSPS) is 15.1. The van der Waals surface area contributed by atoms with Crippen molar-refractivity contribution in [3.8, 4) is 5.75 Å². The number of carbonyl (C=O) groups is 1. The lowest BCUT2D eigenvalue weighted by Gasteiger charge is -2.26. The standard InChI is InChI=1S/C26H32N2O5S/c1-17(2)21-15-22-19(16-33-25(22)12-18(21)3)13-26(29)27-23-14-20(8-9-24(23)32-4)34(30,31)28-10-6-5-7-11-28/h8-9,12,14-17H,5-7,10-11,13H2,1-4H3,(H,27,29). The van der Waals surface area contributed by atoms with Crippen molar-refractivity contribution in [2.24, 2.45) is 0 Å². The Labute approximate surface area is 201 Å². The molecule has 2 aromatic carbocycles. The number of ether oxygens (including phenoxy) is 1. The van der Waals surface area contributed by atoms with Crippen LogP contribution in [0.4, 0.5) is 5.69 Å². The van der Waals surface area contributed by atoms with Gasteiger partial charge in [-0.05, 0) is 67.1 Å². The monoisotopic (exact) mass is 484 g/mol. The summed E-state index contributed by atoms with van der Waals surface area (Å²) in [6.07, 6.45) is 4.46. The lowest BCUT2D eigenvalue weighted by molar-refractivity contribution is -0.115. The van der Waals surface area contributed by atoms with Crippen LogP contribution in [-0.2, 0) is 21.2 Å². The van der Waals surface area contributed by atoms with E-state index < -0.39 is 10.0 Å². The van der Waals surface area contributed by atoms with Crippen LogP contribution in [0.25, 0.3) is 11.0 Å². The van der Waals surface area contributed by atoms with Crippen LogP contribution in [0.5, 0.6) is 5.75 Å². The zero-order chi connectivity index (χ0) is 24.5. The van der Waals surface area contributed by atoms with Gasteiger partial charge in [0.05, 0.1) is 30.4 Å². The third-order valence-electron chi connectivity index (χ3n) is 6.41. The molecule has 0 saturated carbocycles. The predicted molar refractivity (Wildman–Crippen MR) is 133 cm³/mol. The number of furan rings is 1. The summed E-state index contributed by atoms with van der Waals surface area (Å²) in [6.45, 7) is 7.36. The number of anilines is 1. The number of rotatable bonds is 7. The molecule has 182 valence electrons. The fraction of sp³-hybridized carbons (Fsp3) is 0.423. The first kappa shape index (κ1) is 24.3. The summed E-state index contributed by atoms with van der Waals surface area (Å²) in [5, 5.41) is 3.75. The third kappa shape index (κ3) is 4.83. The molecule has 0 radical (unpaired) electrons. The highest BCUT2D eigenvalue weighted by Crippen LogP contribution is 2.32. The van der Waals surface area contributed by atoms with Gasteiger partial charge in [-0.3, -0.25) is 4.79 Å². The minimum Gasteiger partial charge on any atom is -0.495 e. The minimum absolute atomic E-state index is 0.0971. The lowest BCUT2D eigenvalue weighted by Crippen LogP contribution is -2.35. The largest absolute Gasteiger partial charge is 0.495 e. The highest BCUT2D eigenvalue weighted by Gasteiger charge is 2.27. The van der Waals surface area contributed by atoms with Gasteiger partial charge in [0.15, 0.2) is 0 Å². The number of methoxy groups -OCH3 is 1. The maximum absolute atomic E-state index is 13.1.